The normalized spacial score (nSPS) is 10.7. The molecule has 0 fully saturated rings. The van der Waals surface area contributed by atoms with E-state index in [0.717, 1.165) is 24.7 Å². The topological polar surface area (TPSA) is 48.1 Å². The zero-order valence-corrected chi connectivity index (χ0v) is 14.1. The summed E-state index contributed by atoms with van der Waals surface area (Å²) in [6, 6.07) is 13.7. The third-order valence-electron chi connectivity index (χ3n) is 2.82. The van der Waals surface area contributed by atoms with Crippen LogP contribution >= 0.6 is 38.5 Å². The minimum absolute atomic E-state index is 0.523. The van der Waals surface area contributed by atoms with Crippen molar-refractivity contribution < 1.29 is 4.74 Å². The van der Waals surface area contributed by atoms with E-state index in [9.17, 15) is 0 Å². The molecule has 1 aromatic heterocycles. The number of rotatable bonds is 2. The number of anilines is 1. The second-order valence-electron chi connectivity index (χ2n) is 4.26. The van der Waals surface area contributed by atoms with Crippen LogP contribution in [0, 0.1) is 3.57 Å². The van der Waals surface area contributed by atoms with Gasteiger partial charge in [0.15, 0.2) is 5.75 Å². The van der Waals surface area contributed by atoms with Gasteiger partial charge in [0.05, 0.1) is 17.4 Å². The Kier molecular flexibility index (Phi) is 3.80. The minimum atomic E-state index is 0.523. The van der Waals surface area contributed by atoms with Gasteiger partial charge in [-0.25, -0.2) is 0 Å². The molecule has 0 spiro atoms. The van der Waals surface area contributed by atoms with Crippen LogP contribution in [0.4, 0.5) is 5.69 Å². The lowest BCUT2D eigenvalue weighted by atomic mass is 10.2. The molecule has 3 nitrogen and oxygen atoms in total. The monoisotopic (exact) mass is 440 g/mol. The van der Waals surface area contributed by atoms with E-state index in [0.29, 0.717) is 11.4 Å². The Morgan fingerprint density at radius 1 is 1.15 bits per heavy atom. The number of ether oxygens (including phenoxy) is 1. The SMILES string of the molecule is Nc1cnc2ccc(Br)cc2c1Oc1cccc(I)c1. The molecule has 0 bridgehead atoms. The number of hydrogen-bond acceptors (Lipinski definition) is 3. The summed E-state index contributed by atoms with van der Waals surface area (Å²) in [5.41, 5.74) is 7.39. The fourth-order valence-corrected chi connectivity index (χ4v) is 2.79. The summed E-state index contributed by atoms with van der Waals surface area (Å²) in [6.07, 6.45) is 1.62. The van der Waals surface area contributed by atoms with Crippen molar-refractivity contribution in [3.8, 4) is 11.5 Å². The van der Waals surface area contributed by atoms with Crippen molar-refractivity contribution in [3.63, 3.8) is 0 Å². The van der Waals surface area contributed by atoms with E-state index in [2.05, 4.69) is 43.5 Å². The zero-order chi connectivity index (χ0) is 14.1. The van der Waals surface area contributed by atoms with Crippen molar-refractivity contribution in [1.82, 2.24) is 4.98 Å². The highest BCUT2D eigenvalue weighted by Gasteiger charge is 2.10. The standard InChI is InChI=1S/C15H10BrIN2O/c16-9-4-5-14-12(6-9)15(13(18)8-19-14)20-11-3-1-2-10(17)7-11/h1-8H,18H2. The first-order valence-electron chi connectivity index (χ1n) is 5.90. The van der Waals surface area contributed by atoms with Crippen LogP contribution in [0.25, 0.3) is 10.9 Å². The average molecular weight is 441 g/mol. The van der Waals surface area contributed by atoms with Crippen molar-refractivity contribution in [3.05, 3.63) is 56.7 Å². The number of nitrogen functional groups attached to an aromatic ring is 1. The molecule has 0 aliphatic rings. The highest BCUT2D eigenvalue weighted by molar-refractivity contribution is 14.1. The van der Waals surface area contributed by atoms with E-state index in [1.54, 1.807) is 6.20 Å². The van der Waals surface area contributed by atoms with Gasteiger partial charge in [-0.2, -0.15) is 0 Å². The molecule has 0 atom stereocenters. The molecule has 0 aliphatic heterocycles. The maximum Gasteiger partial charge on any atom is 0.161 e. The molecule has 0 aliphatic carbocycles. The largest absolute Gasteiger partial charge is 0.454 e. The fourth-order valence-electron chi connectivity index (χ4n) is 1.92. The van der Waals surface area contributed by atoms with Gasteiger partial charge in [-0.1, -0.05) is 22.0 Å². The van der Waals surface area contributed by atoms with Gasteiger partial charge in [0.25, 0.3) is 0 Å². The molecule has 100 valence electrons. The van der Waals surface area contributed by atoms with E-state index in [4.69, 9.17) is 10.5 Å². The van der Waals surface area contributed by atoms with Crippen molar-refractivity contribution in [2.24, 2.45) is 0 Å². The predicted molar refractivity (Wildman–Crippen MR) is 93.1 cm³/mol. The van der Waals surface area contributed by atoms with Gasteiger partial charge in [0.1, 0.15) is 5.75 Å². The Morgan fingerprint density at radius 3 is 2.80 bits per heavy atom. The van der Waals surface area contributed by atoms with Crippen LogP contribution in [0.15, 0.2) is 53.1 Å². The lowest BCUT2D eigenvalue weighted by Gasteiger charge is -2.11. The lowest BCUT2D eigenvalue weighted by molar-refractivity contribution is 0.490. The van der Waals surface area contributed by atoms with Crippen molar-refractivity contribution in [2.45, 2.75) is 0 Å². The molecule has 0 saturated carbocycles. The van der Waals surface area contributed by atoms with E-state index in [1.807, 2.05) is 42.5 Å². The molecule has 20 heavy (non-hydrogen) atoms. The predicted octanol–water partition coefficient (Wildman–Crippen LogP) is 4.98. The smallest absolute Gasteiger partial charge is 0.161 e. The molecule has 0 unspecified atom stereocenters. The van der Waals surface area contributed by atoms with Crippen LogP contribution in [0.5, 0.6) is 11.5 Å². The number of nitrogens with zero attached hydrogens (tertiary/aromatic N) is 1. The van der Waals surface area contributed by atoms with Crippen LogP contribution in [0.2, 0.25) is 0 Å². The molecule has 5 heteroatoms. The Bertz CT molecular complexity index is 787. The molecule has 2 aromatic carbocycles. The van der Waals surface area contributed by atoms with Gasteiger partial charge in [0.2, 0.25) is 0 Å². The van der Waals surface area contributed by atoms with Crippen LogP contribution in [0.3, 0.4) is 0 Å². The van der Waals surface area contributed by atoms with Crippen LogP contribution in [-0.2, 0) is 0 Å². The van der Waals surface area contributed by atoms with Gasteiger partial charge in [-0.05, 0) is 59.0 Å². The van der Waals surface area contributed by atoms with Gasteiger partial charge >= 0.3 is 0 Å². The summed E-state index contributed by atoms with van der Waals surface area (Å²) in [7, 11) is 0. The van der Waals surface area contributed by atoms with Crippen LogP contribution in [0.1, 0.15) is 0 Å². The van der Waals surface area contributed by atoms with Gasteiger partial charge in [-0.15, -0.1) is 0 Å². The van der Waals surface area contributed by atoms with Crippen molar-refractivity contribution >= 4 is 55.1 Å². The van der Waals surface area contributed by atoms with Crippen LogP contribution < -0.4 is 10.5 Å². The maximum absolute atomic E-state index is 6.02. The molecule has 1 heterocycles. The van der Waals surface area contributed by atoms with E-state index < -0.39 is 0 Å². The van der Waals surface area contributed by atoms with Crippen molar-refractivity contribution in [2.75, 3.05) is 5.73 Å². The molecule has 3 rings (SSSR count). The number of pyridine rings is 1. The Labute approximate surface area is 138 Å². The van der Waals surface area contributed by atoms with E-state index >= 15 is 0 Å². The maximum atomic E-state index is 6.02. The van der Waals surface area contributed by atoms with Crippen molar-refractivity contribution in [1.29, 1.82) is 0 Å². The molecule has 0 amide bonds. The Morgan fingerprint density at radius 2 is 2.00 bits per heavy atom. The number of fused-ring (bicyclic) bond motifs is 1. The summed E-state index contributed by atoms with van der Waals surface area (Å²) >= 11 is 5.71. The lowest BCUT2D eigenvalue weighted by Crippen LogP contribution is -1.95. The first kappa shape index (κ1) is 13.6. The van der Waals surface area contributed by atoms with Gasteiger partial charge in [0, 0.05) is 13.4 Å². The number of hydrogen-bond donors (Lipinski definition) is 1. The third kappa shape index (κ3) is 2.73. The highest BCUT2D eigenvalue weighted by Crippen LogP contribution is 2.35. The second kappa shape index (κ2) is 5.57. The van der Waals surface area contributed by atoms with E-state index in [1.165, 1.54) is 0 Å². The molecular formula is C15H10BrIN2O. The fraction of sp³-hybridized carbons (Fsp3) is 0. The van der Waals surface area contributed by atoms with Crippen LogP contribution in [-0.4, -0.2) is 4.98 Å². The van der Waals surface area contributed by atoms with E-state index in [-0.39, 0.29) is 0 Å². The van der Waals surface area contributed by atoms with Gasteiger partial charge in [-0.3, -0.25) is 4.98 Å². The number of aromatic nitrogens is 1. The summed E-state index contributed by atoms with van der Waals surface area (Å²) < 4.78 is 8.04. The molecule has 2 N–H and O–H groups in total. The summed E-state index contributed by atoms with van der Waals surface area (Å²) in [5.74, 6) is 1.40. The Balaban J connectivity index is 2.14. The average Bonchev–Trinajstić information content (AvgIpc) is 2.42. The number of benzene rings is 2. The molecular weight excluding hydrogens is 431 g/mol. The first-order valence-corrected chi connectivity index (χ1v) is 7.78. The first-order chi connectivity index (χ1) is 9.63. The Hall–Kier alpha value is -1.34. The highest BCUT2D eigenvalue weighted by atomic mass is 127. The second-order valence-corrected chi connectivity index (χ2v) is 6.42. The molecule has 3 aromatic rings. The third-order valence-corrected chi connectivity index (χ3v) is 3.99. The zero-order valence-electron chi connectivity index (χ0n) is 10.3. The summed E-state index contributed by atoms with van der Waals surface area (Å²) in [6.45, 7) is 0. The quantitative estimate of drug-likeness (QED) is 0.572. The summed E-state index contributed by atoms with van der Waals surface area (Å²) in [4.78, 5) is 4.31. The minimum Gasteiger partial charge on any atom is -0.454 e. The van der Waals surface area contributed by atoms with Gasteiger partial charge < -0.3 is 10.5 Å². The molecule has 0 radical (unpaired) electrons. The molecule has 0 saturated heterocycles. The number of nitrogens with two attached hydrogens (primary N) is 1. The summed E-state index contributed by atoms with van der Waals surface area (Å²) in [5, 5.41) is 0.887. The number of halogens is 2.